The fraction of sp³-hybridized carbons (Fsp3) is 0.118. The molecule has 1 N–H and O–H groups in total. The van der Waals surface area contributed by atoms with Gasteiger partial charge in [0, 0.05) is 16.4 Å². The summed E-state index contributed by atoms with van der Waals surface area (Å²) in [6.07, 6.45) is 0. The summed E-state index contributed by atoms with van der Waals surface area (Å²) in [5, 5.41) is 11.0. The first kappa shape index (κ1) is 16.6. The molecule has 0 atom stereocenters. The molecular weight excluding hydrogens is 419 g/mol. The van der Waals surface area contributed by atoms with Crippen LogP contribution in [0.15, 0.2) is 54.6 Å². The average Bonchev–Trinajstić information content (AvgIpc) is 3.02. The molecular formula is C17H15IN4O2. The van der Waals surface area contributed by atoms with E-state index in [1.807, 2.05) is 54.6 Å². The maximum absolute atomic E-state index is 12.6. The number of halogens is 1. The Balaban J connectivity index is 1.91. The van der Waals surface area contributed by atoms with Gasteiger partial charge in [0.25, 0.3) is 5.91 Å². The zero-order chi connectivity index (χ0) is 16.9. The van der Waals surface area contributed by atoms with Crippen molar-refractivity contribution in [1.82, 2.24) is 15.0 Å². The van der Waals surface area contributed by atoms with Crippen molar-refractivity contribution in [2.75, 3.05) is 12.4 Å². The van der Waals surface area contributed by atoms with Crippen molar-refractivity contribution in [3.63, 3.8) is 0 Å². The van der Waals surface area contributed by atoms with Gasteiger partial charge in [0.15, 0.2) is 5.69 Å². The van der Waals surface area contributed by atoms with Crippen molar-refractivity contribution < 1.29 is 9.53 Å². The van der Waals surface area contributed by atoms with Gasteiger partial charge in [-0.05, 0) is 59.0 Å². The Morgan fingerprint density at radius 3 is 2.54 bits per heavy atom. The molecule has 6 nitrogen and oxygen atoms in total. The quantitative estimate of drug-likeness (QED) is 0.626. The summed E-state index contributed by atoms with van der Waals surface area (Å²) >= 11 is 2.21. The van der Waals surface area contributed by atoms with E-state index in [-0.39, 0.29) is 18.2 Å². The average molecular weight is 434 g/mol. The highest BCUT2D eigenvalue weighted by Gasteiger charge is 2.20. The van der Waals surface area contributed by atoms with Gasteiger partial charge in [-0.2, -0.15) is 0 Å². The van der Waals surface area contributed by atoms with Gasteiger partial charge in [0.2, 0.25) is 0 Å². The second-order valence-electron chi connectivity index (χ2n) is 5.03. The fourth-order valence-electron chi connectivity index (χ4n) is 2.24. The predicted octanol–water partition coefficient (Wildman–Crippen LogP) is 3.27. The fourth-order valence-corrected chi connectivity index (χ4v) is 2.60. The molecule has 0 aliphatic heterocycles. The van der Waals surface area contributed by atoms with Crippen LogP contribution in [0.5, 0.6) is 0 Å². The van der Waals surface area contributed by atoms with E-state index < -0.39 is 0 Å². The molecule has 0 aliphatic carbocycles. The second-order valence-corrected chi connectivity index (χ2v) is 6.27. The number of amides is 1. The Hall–Kier alpha value is -2.26. The van der Waals surface area contributed by atoms with Gasteiger partial charge in [-0.1, -0.05) is 23.4 Å². The highest BCUT2D eigenvalue weighted by Crippen LogP contribution is 2.16. The van der Waals surface area contributed by atoms with Gasteiger partial charge >= 0.3 is 0 Å². The largest absolute Gasteiger partial charge is 0.378 e. The third-order valence-electron chi connectivity index (χ3n) is 3.36. The number of anilines is 1. The van der Waals surface area contributed by atoms with E-state index in [0.29, 0.717) is 11.4 Å². The van der Waals surface area contributed by atoms with Crippen molar-refractivity contribution in [1.29, 1.82) is 0 Å². The Kier molecular flexibility index (Phi) is 5.21. The van der Waals surface area contributed by atoms with Gasteiger partial charge < -0.3 is 10.1 Å². The molecule has 0 saturated carbocycles. The number of para-hydroxylation sites is 1. The Bertz CT molecular complexity index is 832. The van der Waals surface area contributed by atoms with Crippen LogP contribution < -0.4 is 5.32 Å². The molecule has 0 aliphatic rings. The number of benzene rings is 2. The number of rotatable bonds is 5. The molecule has 3 rings (SSSR count). The van der Waals surface area contributed by atoms with Crippen molar-refractivity contribution in [2.24, 2.45) is 0 Å². The van der Waals surface area contributed by atoms with Crippen molar-refractivity contribution in [3.05, 3.63) is 69.6 Å². The lowest BCUT2D eigenvalue weighted by Gasteiger charge is -2.08. The minimum absolute atomic E-state index is 0.233. The molecule has 24 heavy (non-hydrogen) atoms. The molecule has 122 valence electrons. The molecule has 1 amide bonds. The molecule has 2 aromatic carbocycles. The summed E-state index contributed by atoms with van der Waals surface area (Å²) < 4.78 is 7.94. The molecule has 0 bridgehead atoms. The number of carbonyl (C=O) groups is 1. The zero-order valence-electron chi connectivity index (χ0n) is 12.9. The first-order chi connectivity index (χ1) is 11.7. The molecule has 0 spiro atoms. The topological polar surface area (TPSA) is 69.0 Å². The maximum atomic E-state index is 12.6. The van der Waals surface area contributed by atoms with Crippen molar-refractivity contribution in [2.45, 2.75) is 6.61 Å². The predicted molar refractivity (Wildman–Crippen MR) is 99.2 cm³/mol. The van der Waals surface area contributed by atoms with Gasteiger partial charge in [-0.25, -0.2) is 4.68 Å². The van der Waals surface area contributed by atoms with Gasteiger partial charge in [-0.3, -0.25) is 4.79 Å². The molecule has 0 fully saturated rings. The van der Waals surface area contributed by atoms with E-state index >= 15 is 0 Å². The number of aromatic nitrogens is 3. The lowest BCUT2D eigenvalue weighted by molar-refractivity contribution is 0.101. The minimum atomic E-state index is -0.314. The summed E-state index contributed by atoms with van der Waals surface area (Å²) in [4.78, 5) is 12.6. The summed E-state index contributed by atoms with van der Waals surface area (Å²) in [5.74, 6) is -0.314. The zero-order valence-corrected chi connectivity index (χ0v) is 15.1. The van der Waals surface area contributed by atoms with Crippen LogP contribution in [0.4, 0.5) is 5.69 Å². The van der Waals surface area contributed by atoms with Crippen LogP contribution in [0.3, 0.4) is 0 Å². The number of nitrogens with one attached hydrogen (secondary N) is 1. The minimum Gasteiger partial charge on any atom is -0.378 e. The second kappa shape index (κ2) is 7.54. The van der Waals surface area contributed by atoms with E-state index in [1.54, 1.807) is 11.8 Å². The monoisotopic (exact) mass is 434 g/mol. The molecule has 7 heteroatoms. The van der Waals surface area contributed by atoms with Crippen LogP contribution in [0.25, 0.3) is 5.69 Å². The molecule has 1 aromatic heterocycles. The molecule has 1 heterocycles. The highest BCUT2D eigenvalue weighted by molar-refractivity contribution is 14.1. The van der Waals surface area contributed by atoms with Crippen molar-refractivity contribution in [3.8, 4) is 5.69 Å². The van der Waals surface area contributed by atoms with Crippen LogP contribution in [0, 0.1) is 3.57 Å². The third-order valence-corrected chi connectivity index (χ3v) is 4.08. The summed E-state index contributed by atoms with van der Waals surface area (Å²) in [5.41, 5.74) is 2.38. The summed E-state index contributed by atoms with van der Waals surface area (Å²) in [7, 11) is 1.57. The SMILES string of the molecule is COCc1c(C(=O)Nc2ccc(I)cc2)nnn1-c1ccccc1. The van der Waals surface area contributed by atoms with Gasteiger partial charge in [0.05, 0.1) is 12.3 Å². The number of ether oxygens (including phenoxy) is 1. The standard InChI is InChI=1S/C17H15IN4O2/c1-24-11-15-16(17(23)19-13-9-7-12(18)8-10-13)20-21-22(15)14-5-3-2-4-6-14/h2-10H,11H2,1H3,(H,19,23). The summed E-state index contributed by atoms with van der Waals surface area (Å²) in [6.45, 7) is 0.233. The van der Waals surface area contributed by atoms with E-state index in [9.17, 15) is 4.79 Å². The van der Waals surface area contributed by atoms with Crippen LogP contribution in [0.2, 0.25) is 0 Å². The lowest BCUT2D eigenvalue weighted by atomic mass is 10.2. The Morgan fingerprint density at radius 1 is 1.17 bits per heavy atom. The molecule has 3 aromatic rings. The number of carbonyl (C=O) groups excluding carboxylic acids is 1. The lowest BCUT2D eigenvalue weighted by Crippen LogP contribution is -2.16. The highest BCUT2D eigenvalue weighted by atomic mass is 127. The summed E-state index contributed by atoms with van der Waals surface area (Å²) in [6, 6.07) is 17.1. The van der Waals surface area contributed by atoms with E-state index in [1.165, 1.54) is 0 Å². The molecule has 0 saturated heterocycles. The van der Waals surface area contributed by atoms with Crippen LogP contribution in [0.1, 0.15) is 16.2 Å². The van der Waals surface area contributed by atoms with Crippen molar-refractivity contribution >= 4 is 34.2 Å². The van der Waals surface area contributed by atoms with Crippen LogP contribution in [-0.4, -0.2) is 28.0 Å². The Morgan fingerprint density at radius 2 is 1.88 bits per heavy atom. The van der Waals surface area contributed by atoms with Crippen LogP contribution >= 0.6 is 22.6 Å². The normalized spacial score (nSPS) is 10.6. The molecule has 0 unspecified atom stereocenters. The smallest absolute Gasteiger partial charge is 0.278 e. The van der Waals surface area contributed by atoms with E-state index in [0.717, 1.165) is 9.26 Å². The number of hydrogen-bond acceptors (Lipinski definition) is 4. The van der Waals surface area contributed by atoms with E-state index in [2.05, 4.69) is 38.2 Å². The van der Waals surface area contributed by atoms with Gasteiger partial charge in [-0.15, -0.1) is 5.10 Å². The van der Waals surface area contributed by atoms with E-state index in [4.69, 9.17) is 4.74 Å². The Labute approximate surface area is 153 Å². The number of methoxy groups -OCH3 is 1. The van der Waals surface area contributed by atoms with Crippen LogP contribution in [-0.2, 0) is 11.3 Å². The van der Waals surface area contributed by atoms with Gasteiger partial charge in [0.1, 0.15) is 5.69 Å². The first-order valence-electron chi connectivity index (χ1n) is 7.25. The number of hydrogen-bond donors (Lipinski definition) is 1. The third kappa shape index (κ3) is 3.62. The first-order valence-corrected chi connectivity index (χ1v) is 8.33. The maximum Gasteiger partial charge on any atom is 0.278 e. The molecule has 0 radical (unpaired) electrons. The number of nitrogens with zero attached hydrogens (tertiary/aromatic N) is 3.